The molecule has 0 bridgehead atoms. The number of H-pyrrole nitrogens is 1. The number of hydrogen-bond donors (Lipinski definition) is 2. The van der Waals surface area contributed by atoms with E-state index < -0.39 is 27.3 Å². The Kier molecular flexibility index (Phi) is 3.21. The fraction of sp³-hybridized carbons (Fsp3) is 0.154. The second-order valence-corrected chi connectivity index (χ2v) is 4.93. The SMILES string of the molecule is Cc1[nH]nc2c1[C@H](c1ccccc1[N+](=O)[O-])C([N+](=O)[O-])=C(N)O2. The number of nitrogens with zero attached hydrogens (tertiary/aromatic N) is 3. The molecule has 10 nitrogen and oxygen atoms in total. The maximum atomic E-state index is 11.5. The molecule has 0 radical (unpaired) electrons. The van der Waals surface area contributed by atoms with E-state index in [1.807, 2.05) is 0 Å². The van der Waals surface area contributed by atoms with Gasteiger partial charge in [-0.1, -0.05) is 18.2 Å². The van der Waals surface area contributed by atoms with Crippen LogP contribution in [0.1, 0.15) is 22.7 Å². The molecule has 118 valence electrons. The third kappa shape index (κ3) is 2.16. The zero-order valence-corrected chi connectivity index (χ0v) is 11.8. The van der Waals surface area contributed by atoms with E-state index in [0.717, 1.165) is 0 Å². The molecule has 0 amide bonds. The molecule has 0 saturated carbocycles. The second kappa shape index (κ2) is 5.09. The smallest absolute Gasteiger partial charge is 0.317 e. The summed E-state index contributed by atoms with van der Waals surface area (Å²) in [5, 5.41) is 29.3. The van der Waals surface area contributed by atoms with Crippen molar-refractivity contribution in [3.63, 3.8) is 0 Å². The van der Waals surface area contributed by atoms with E-state index in [2.05, 4.69) is 10.2 Å². The highest BCUT2D eigenvalue weighted by Crippen LogP contribution is 2.45. The third-order valence-electron chi connectivity index (χ3n) is 3.62. The number of benzene rings is 1. The molecule has 2 heterocycles. The van der Waals surface area contributed by atoms with Crippen molar-refractivity contribution in [1.82, 2.24) is 10.2 Å². The number of nitrogens with one attached hydrogen (secondary N) is 1. The van der Waals surface area contributed by atoms with Crippen LogP contribution in [-0.4, -0.2) is 20.0 Å². The van der Waals surface area contributed by atoms with Crippen LogP contribution in [0.5, 0.6) is 5.88 Å². The molecule has 10 heteroatoms. The molecule has 0 aliphatic carbocycles. The largest absolute Gasteiger partial charge is 0.415 e. The maximum Gasteiger partial charge on any atom is 0.317 e. The van der Waals surface area contributed by atoms with Gasteiger partial charge in [0.2, 0.25) is 5.88 Å². The van der Waals surface area contributed by atoms with E-state index in [1.54, 1.807) is 13.0 Å². The number of nitro benzene ring substituents is 1. The first kappa shape index (κ1) is 14.5. The monoisotopic (exact) mass is 317 g/mol. The molecule has 0 spiro atoms. The number of nitrogens with two attached hydrogens (primary N) is 1. The number of aromatic nitrogens is 2. The van der Waals surface area contributed by atoms with E-state index in [0.29, 0.717) is 11.3 Å². The van der Waals surface area contributed by atoms with Crippen molar-refractivity contribution in [1.29, 1.82) is 0 Å². The van der Waals surface area contributed by atoms with Crippen LogP contribution in [0.25, 0.3) is 0 Å². The number of fused-ring (bicyclic) bond motifs is 1. The summed E-state index contributed by atoms with van der Waals surface area (Å²) in [5.74, 6) is -1.40. The third-order valence-corrected chi connectivity index (χ3v) is 3.62. The molecule has 2 aromatic rings. The first-order valence-electron chi connectivity index (χ1n) is 6.52. The predicted molar refractivity (Wildman–Crippen MR) is 77.1 cm³/mol. The molecule has 1 aromatic carbocycles. The maximum absolute atomic E-state index is 11.5. The van der Waals surface area contributed by atoms with Gasteiger partial charge in [-0.25, -0.2) is 0 Å². The fourth-order valence-corrected chi connectivity index (χ4v) is 2.66. The Bertz CT molecular complexity index is 856. The van der Waals surface area contributed by atoms with E-state index in [9.17, 15) is 20.2 Å². The minimum atomic E-state index is -1.05. The summed E-state index contributed by atoms with van der Waals surface area (Å²) in [6, 6.07) is 5.80. The number of hydrogen-bond acceptors (Lipinski definition) is 7. The van der Waals surface area contributed by atoms with Crippen LogP contribution in [0, 0.1) is 27.2 Å². The highest BCUT2D eigenvalue weighted by atomic mass is 16.6. The Morgan fingerprint density at radius 3 is 2.61 bits per heavy atom. The molecule has 0 fully saturated rings. The van der Waals surface area contributed by atoms with Crippen molar-refractivity contribution in [2.45, 2.75) is 12.8 Å². The number of allylic oxidation sites excluding steroid dienone is 1. The molecule has 3 rings (SSSR count). The first-order chi connectivity index (χ1) is 10.9. The van der Waals surface area contributed by atoms with Gasteiger partial charge in [0.05, 0.1) is 15.4 Å². The lowest BCUT2D eigenvalue weighted by Gasteiger charge is -2.21. The molecular formula is C13H11N5O5. The Balaban J connectivity index is 2.32. The number of aromatic amines is 1. The molecule has 23 heavy (non-hydrogen) atoms. The molecule has 1 aromatic heterocycles. The quantitative estimate of drug-likeness (QED) is 0.643. The average molecular weight is 317 g/mol. The number of ether oxygens (including phenoxy) is 1. The Labute approximate surface area is 128 Å². The average Bonchev–Trinajstić information content (AvgIpc) is 2.86. The molecule has 3 N–H and O–H groups in total. The van der Waals surface area contributed by atoms with Crippen LogP contribution >= 0.6 is 0 Å². The Morgan fingerprint density at radius 2 is 1.96 bits per heavy atom. The minimum Gasteiger partial charge on any atom is -0.415 e. The molecule has 0 saturated heterocycles. The number of nitro groups is 2. The summed E-state index contributed by atoms with van der Waals surface area (Å²) in [6.07, 6.45) is 0. The lowest BCUT2D eigenvalue weighted by molar-refractivity contribution is -0.433. The molecule has 1 aliphatic rings. The summed E-state index contributed by atoms with van der Waals surface area (Å²) < 4.78 is 5.18. The highest BCUT2D eigenvalue weighted by molar-refractivity contribution is 5.55. The van der Waals surface area contributed by atoms with Crippen molar-refractivity contribution in [2.75, 3.05) is 0 Å². The lowest BCUT2D eigenvalue weighted by Crippen LogP contribution is -2.26. The van der Waals surface area contributed by atoms with Crippen LogP contribution in [0.2, 0.25) is 0 Å². The van der Waals surface area contributed by atoms with Crippen LogP contribution in [0.3, 0.4) is 0 Å². The van der Waals surface area contributed by atoms with E-state index in [4.69, 9.17) is 10.5 Å². The second-order valence-electron chi connectivity index (χ2n) is 4.93. The van der Waals surface area contributed by atoms with Gasteiger partial charge in [0, 0.05) is 17.3 Å². The van der Waals surface area contributed by atoms with Crippen molar-refractivity contribution in [2.24, 2.45) is 5.73 Å². The molecule has 0 unspecified atom stereocenters. The topological polar surface area (TPSA) is 150 Å². The van der Waals surface area contributed by atoms with Crippen LogP contribution < -0.4 is 10.5 Å². The van der Waals surface area contributed by atoms with Gasteiger partial charge >= 0.3 is 5.70 Å². The normalized spacial score (nSPS) is 16.7. The van der Waals surface area contributed by atoms with Gasteiger partial charge in [-0.15, -0.1) is 5.10 Å². The van der Waals surface area contributed by atoms with Crippen LogP contribution in [0.4, 0.5) is 5.69 Å². The van der Waals surface area contributed by atoms with Gasteiger partial charge in [-0.3, -0.25) is 25.3 Å². The van der Waals surface area contributed by atoms with E-state index in [1.165, 1.54) is 18.2 Å². The fourth-order valence-electron chi connectivity index (χ4n) is 2.66. The van der Waals surface area contributed by atoms with Gasteiger partial charge < -0.3 is 10.5 Å². The van der Waals surface area contributed by atoms with E-state index in [-0.39, 0.29) is 17.1 Å². The summed E-state index contributed by atoms with van der Waals surface area (Å²) in [7, 11) is 0. The zero-order chi connectivity index (χ0) is 16.7. The van der Waals surface area contributed by atoms with Crippen molar-refractivity contribution >= 4 is 5.69 Å². The van der Waals surface area contributed by atoms with Crippen molar-refractivity contribution in [3.05, 3.63) is 72.9 Å². The minimum absolute atomic E-state index is 0.0775. The van der Waals surface area contributed by atoms with Crippen molar-refractivity contribution < 1.29 is 14.6 Å². The zero-order valence-electron chi connectivity index (χ0n) is 11.8. The Morgan fingerprint density at radius 1 is 1.26 bits per heavy atom. The van der Waals surface area contributed by atoms with E-state index >= 15 is 0 Å². The predicted octanol–water partition coefficient (Wildman–Crippen LogP) is 1.56. The van der Waals surface area contributed by atoms with Crippen LogP contribution in [0.15, 0.2) is 35.8 Å². The molecule has 1 aliphatic heterocycles. The number of rotatable bonds is 3. The number of aryl methyl sites for hydroxylation is 1. The summed E-state index contributed by atoms with van der Waals surface area (Å²) in [4.78, 5) is 21.5. The van der Waals surface area contributed by atoms with Gasteiger partial charge in [-0.05, 0) is 6.92 Å². The molecule has 1 atom stereocenters. The first-order valence-corrected chi connectivity index (χ1v) is 6.52. The number of para-hydroxylation sites is 1. The van der Waals surface area contributed by atoms with Crippen LogP contribution in [-0.2, 0) is 0 Å². The van der Waals surface area contributed by atoms with Crippen molar-refractivity contribution in [3.8, 4) is 5.88 Å². The van der Waals surface area contributed by atoms with Gasteiger partial charge in [-0.2, -0.15) is 0 Å². The standard InChI is InChI=1S/C13H11N5O5/c1-6-9-10(7-4-2-3-5-8(7)17(19)20)11(18(21)22)12(14)23-13(9)16-15-6/h2-5,10H,14H2,1H3,(H,15,16)/t10-/m0/s1. The van der Waals surface area contributed by atoms with Gasteiger partial charge in [0.15, 0.2) is 0 Å². The highest BCUT2D eigenvalue weighted by Gasteiger charge is 2.44. The summed E-state index contributed by atoms with van der Waals surface area (Å²) in [5.41, 5.74) is 5.99. The van der Waals surface area contributed by atoms with Gasteiger partial charge in [0.1, 0.15) is 5.92 Å². The molecular weight excluding hydrogens is 306 g/mol. The lowest BCUT2D eigenvalue weighted by atomic mass is 9.86. The Hall–Kier alpha value is -3.43. The summed E-state index contributed by atoms with van der Waals surface area (Å²) in [6.45, 7) is 1.65. The van der Waals surface area contributed by atoms with Gasteiger partial charge in [0.25, 0.3) is 11.6 Å². The summed E-state index contributed by atoms with van der Waals surface area (Å²) >= 11 is 0.